The van der Waals surface area contributed by atoms with Gasteiger partial charge in [-0.1, -0.05) is 0 Å². The number of rotatable bonds is 3. The third-order valence-corrected chi connectivity index (χ3v) is 6.05. The Morgan fingerprint density at radius 1 is 1.03 bits per heavy atom. The van der Waals surface area contributed by atoms with Gasteiger partial charge in [-0.05, 0) is 36.5 Å². The van der Waals surface area contributed by atoms with E-state index in [0.717, 1.165) is 35.8 Å². The molecule has 4 aromatic heterocycles. The number of aromatic nitrogens is 5. The van der Waals surface area contributed by atoms with Crippen LogP contribution in [0.3, 0.4) is 0 Å². The van der Waals surface area contributed by atoms with Crippen molar-refractivity contribution in [2.24, 2.45) is 0 Å². The molecule has 2 fully saturated rings. The second kappa shape index (κ2) is 7.13. The number of pyridine rings is 2. The average molecular weight is 440 g/mol. The van der Waals surface area contributed by atoms with Crippen LogP contribution in [0.15, 0.2) is 36.9 Å². The predicted molar refractivity (Wildman–Crippen MR) is 112 cm³/mol. The lowest BCUT2D eigenvalue weighted by Gasteiger charge is -2.29. The number of halogens is 3. The summed E-state index contributed by atoms with van der Waals surface area (Å²) in [7, 11) is 0. The first-order valence-electron chi connectivity index (χ1n) is 10.5. The fraction of sp³-hybridized carbons (Fsp3) is 0.364. The quantitative estimate of drug-likeness (QED) is 0.475. The van der Waals surface area contributed by atoms with E-state index in [2.05, 4.69) is 14.9 Å². The highest BCUT2D eigenvalue weighted by molar-refractivity contribution is 5.97. The number of ether oxygens (including phenoxy) is 1. The van der Waals surface area contributed by atoms with Crippen molar-refractivity contribution in [2.45, 2.75) is 25.1 Å². The number of fused-ring (bicyclic) bond motifs is 2. The van der Waals surface area contributed by atoms with Crippen LogP contribution < -0.4 is 4.90 Å². The lowest BCUT2D eigenvalue weighted by molar-refractivity contribution is -0.201. The van der Waals surface area contributed by atoms with Crippen LogP contribution in [-0.2, 0) is 11.0 Å². The van der Waals surface area contributed by atoms with E-state index in [1.165, 1.54) is 12.3 Å². The van der Waals surface area contributed by atoms with Gasteiger partial charge in [0.05, 0.1) is 24.9 Å². The smallest absolute Gasteiger partial charge is 0.378 e. The maximum atomic E-state index is 13.4. The van der Waals surface area contributed by atoms with Gasteiger partial charge in [0.15, 0.2) is 5.82 Å². The predicted octanol–water partition coefficient (Wildman–Crippen LogP) is 4.23. The molecule has 0 radical (unpaired) electrons. The monoisotopic (exact) mass is 440 g/mol. The number of hydrogen-bond donors (Lipinski definition) is 0. The van der Waals surface area contributed by atoms with Crippen molar-refractivity contribution >= 4 is 27.8 Å². The standard InChI is InChI=1S/C22H19F3N6O/c23-22(24,25)31-6-4-15-14(3-5-27-20(15)31)19-28-17-12-26-11-16(13-1-2-13)18(17)21(29-19)30-7-9-32-10-8-30/h3-6,11-13H,1-2,7-10H2. The van der Waals surface area contributed by atoms with Gasteiger partial charge in [0, 0.05) is 48.0 Å². The number of hydrogen-bond acceptors (Lipinski definition) is 6. The molecule has 0 N–H and O–H groups in total. The molecule has 0 spiro atoms. The molecule has 7 nitrogen and oxygen atoms in total. The number of alkyl halides is 3. The Labute approximate surface area is 180 Å². The van der Waals surface area contributed by atoms with Crippen LogP contribution >= 0.6 is 0 Å². The maximum Gasteiger partial charge on any atom is 0.490 e. The van der Waals surface area contributed by atoms with Gasteiger partial charge in [0.2, 0.25) is 0 Å². The summed E-state index contributed by atoms with van der Waals surface area (Å²) in [5.41, 5.74) is 2.17. The van der Waals surface area contributed by atoms with E-state index in [4.69, 9.17) is 14.7 Å². The van der Waals surface area contributed by atoms with Crippen molar-refractivity contribution in [3.8, 4) is 11.4 Å². The van der Waals surface area contributed by atoms with E-state index >= 15 is 0 Å². The van der Waals surface area contributed by atoms with Crippen molar-refractivity contribution in [1.82, 2.24) is 24.5 Å². The number of anilines is 1. The van der Waals surface area contributed by atoms with E-state index in [9.17, 15) is 13.2 Å². The van der Waals surface area contributed by atoms with Crippen LogP contribution in [0.1, 0.15) is 24.3 Å². The third kappa shape index (κ3) is 3.17. The Balaban J connectivity index is 1.59. The summed E-state index contributed by atoms with van der Waals surface area (Å²) in [5.74, 6) is 1.60. The van der Waals surface area contributed by atoms with Crippen molar-refractivity contribution in [3.63, 3.8) is 0 Å². The summed E-state index contributed by atoms with van der Waals surface area (Å²) < 4.78 is 45.9. The fourth-order valence-corrected chi connectivity index (χ4v) is 4.35. The second-order valence-electron chi connectivity index (χ2n) is 8.12. The summed E-state index contributed by atoms with van der Waals surface area (Å²) in [5, 5.41) is 1.33. The van der Waals surface area contributed by atoms with Gasteiger partial charge < -0.3 is 9.64 Å². The van der Waals surface area contributed by atoms with Crippen LogP contribution in [0.25, 0.3) is 33.3 Å². The summed E-state index contributed by atoms with van der Waals surface area (Å²) in [6.07, 6.45) is 3.61. The zero-order chi connectivity index (χ0) is 21.9. The van der Waals surface area contributed by atoms with Crippen LogP contribution in [0, 0.1) is 0 Å². The van der Waals surface area contributed by atoms with Crippen molar-refractivity contribution < 1.29 is 17.9 Å². The molecule has 0 atom stereocenters. The minimum Gasteiger partial charge on any atom is -0.378 e. The van der Waals surface area contributed by atoms with Crippen LogP contribution in [-0.4, -0.2) is 50.8 Å². The minimum absolute atomic E-state index is 0.170. The van der Waals surface area contributed by atoms with Crippen LogP contribution in [0.5, 0.6) is 0 Å². The maximum absolute atomic E-state index is 13.4. The fourth-order valence-electron chi connectivity index (χ4n) is 4.35. The van der Waals surface area contributed by atoms with Gasteiger partial charge in [-0.3, -0.25) is 4.98 Å². The molecule has 1 saturated carbocycles. The van der Waals surface area contributed by atoms with Gasteiger partial charge in [-0.2, -0.15) is 0 Å². The highest BCUT2D eigenvalue weighted by Gasteiger charge is 2.33. The summed E-state index contributed by atoms with van der Waals surface area (Å²) in [6, 6.07) is 3.07. The molecule has 5 heterocycles. The highest BCUT2D eigenvalue weighted by atomic mass is 19.4. The summed E-state index contributed by atoms with van der Waals surface area (Å²) >= 11 is 0. The SMILES string of the molecule is FC(F)(F)n1ccc2c(-c3nc(N4CCOCC4)c4c(C5CC5)cncc4n3)ccnc21. The molecule has 6 rings (SSSR count). The van der Waals surface area contributed by atoms with Crippen molar-refractivity contribution in [3.05, 3.63) is 42.5 Å². The number of nitrogens with zero attached hydrogens (tertiary/aromatic N) is 6. The molecular formula is C22H19F3N6O. The Morgan fingerprint density at radius 3 is 2.59 bits per heavy atom. The first-order valence-corrected chi connectivity index (χ1v) is 10.5. The summed E-state index contributed by atoms with van der Waals surface area (Å²) in [6.45, 7) is 2.57. The van der Waals surface area contributed by atoms with Crippen molar-refractivity contribution in [2.75, 3.05) is 31.2 Å². The van der Waals surface area contributed by atoms with Gasteiger partial charge in [0.25, 0.3) is 0 Å². The average Bonchev–Trinajstić information content (AvgIpc) is 3.55. The van der Waals surface area contributed by atoms with E-state index in [-0.39, 0.29) is 10.2 Å². The zero-order valence-corrected chi connectivity index (χ0v) is 17.0. The third-order valence-electron chi connectivity index (χ3n) is 6.05. The second-order valence-corrected chi connectivity index (χ2v) is 8.12. The first kappa shape index (κ1) is 19.4. The minimum atomic E-state index is -4.56. The first-order chi connectivity index (χ1) is 15.5. The molecule has 4 aromatic rings. The molecule has 164 valence electrons. The molecule has 10 heteroatoms. The lowest BCUT2D eigenvalue weighted by Crippen LogP contribution is -2.37. The van der Waals surface area contributed by atoms with E-state index in [1.54, 1.807) is 12.3 Å². The van der Waals surface area contributed by atoms with Crippen LogP contribution in [0.2, 0.25) is 0 Å². The Bertz CT molecular complexity index is 1320. The topological polar surface area (TPSA) is 69.0 Å². The molecule has 0 bridgehead atoms. The molecular weight excluding hydrogens is 421 g/mol. The molecule has 1 aliphatic heterocycles. The number of morpholine rings is 1. The Kier molecular flexibility index (Phi) is 4.32. The van der Waals surface area contributed by atoms with Crippen LogP contribution in [0.4, 0.5) is 19.0 Å². The molecule has 2 aliphatic rings. The molecule has 1 saturated heterocycles. The van der Waals surface area contributed by atoms with E-state index < -0.39 is 6.30 Å². The van der Waals surface area contributed by atoms with Gasteiger partial charge in [-0.25, -0.2) is 19.5 Å². The van der Waals surface area contributed by atoms with Gasteiger partial charge in [-0.15, -0.1) is 13.2 Å². The summed E-state index contributed by atoms with van der Waals surface area (Å²) in [4.78, 5) is 20.2. The largest absolute Gasteiger partial charge is 0.490 e. The molecule has 1 aliphatic carbocycles. The molecule has 0 unspecified atom stereocenters. The van der Waals surface area contributed by atoms with Gasteiger partial charge in [0.1, 0.15) is 11.5 Å². The lowest BCUT2D eigenvalue weighted by atomic mass is 10.1. The van der Waals surface area contributed by atoms with Gasteiger partial charge >= 0.3 is 6.30 Å². The Morgan fingerprint density at radius 2 is 1.84 bits per heavy atom. The molecule has 0 aromatic carbocycles. The van der Waals surface area contributed by atoms with E-state index in [1.807, 2.05) is 6.20 Å². The van der Waals surface area contributed by atoms with Crippen molar-refractivity contribution in [1.29, 1.82) is 0 Å². The molecule has 32 heavy (non-hydrogen) atoms. The zero-order valence-electron chi connectivity index (χ0n) is 17.0. The van der Waals surface area contributed by atoms with E-state index in [0.29, 0.717) is 54.5 Å². The normalized spacial score (nSPS) is 17.4. The highest BCUT2D eigenvalue weighted by Crippen LogP contribution is 2.45. The molecule has 0 amide bonds. The Hall–Kier alpha value is -3.27.